The van der Waals surface area contributed by atoms with Gasteiger partial charge in [0.15, 0.2) is 0 Å². The van der Waals surface area contributed by atoms with Gasteiger partial charge >= 0.3 is 5.97 Å². The predicted octanol–water partition coefficient (Wildman–Crippen LogP) is 4.14. The minimum absolute atomic E-state index is 0.0298. The average Bonchev–Trinajstić information content (AvgIpc) is 3.32. The molecule has 4 aromatic rings. The summed E-state index contributed by atoms with van der Waals surface area (Å²) in [5, 5.41) is 0.390. The Kier molecular flexibility index (Phi) is 6.30. The number of fused-ring (bicyclic) bond motifs is 1. The predicted molar refractivity (Wildman–Crippen MR) is 149 cm³/mol. The lowest BCUT2D eigenvalue weighted by Crippen LogP contribution is -2.40. The lowest BCUT2D eigenvalue weighted by molar-refractivity contribution is -0.143. The van der Waals surface area contributed by atoms with Crippen molar-refractivity contribution >= 4 is 34.2 Å². The third-order valence-corrected chi connectivity index (χ3v) is 7.23. The molecule has 0 saturated carbocycles. The molecular weight excluding hydrogens is 492 g/mol. The van der Waals surface area contributed by atoms with Crippen LogP contribution in [0.5, 0.6) is 0 Å². The second-order valence-electron chi connectivity index (χ2n) is 9.80. The Hall–Kier alpha value is -4.59. The number of para-hydroxylation sites is 1. The van der Waals surface area contributed by atoms with Gasteiger partial charge in [0.05, 0.1) is 35.3 Å². The van der Waals surface area contributed by atoms with Crippen molar-refractivity contribution in [2.45, 2.75) is 39.3 Å². The number of benzene rings is 3. The summed E-state index contributed by atoms with van der Waals surface area (Å²) in [6.07, 6.45) is -0.288. The van der Waals surface area contributed by atoms with Crippen LogP contribution in [0.2, 0.25) is 0 Å². The maximum Gasteiger partial charge on any atom is 0.306 e. The Labute approximate surface area is 225 Å². The van der Waals surface area contributed by atoms with Gasteiger partial charge in [-0.05, 0) is 44.0 Å². The standard InChI is InChI=1S/C31H28N4O4/c1-3-39-26(36)14-13-25-32-24-12-8-7-11-22(24)30(37)35(25)29-31(38)34-16-15-21-17-19(2)18-23(28(21)34)27(33-29)20-9-5-4-6-10-20/h4-12,17-18,29H,3,13-16H2,1-2H3. The van der Waals surface area contributed by atoms with Crippen LogP contribution in [-0.4, -0.2) is 40.3 Å². The van der Waals surface area contributed by atoms with Gasteiger partial charge in [0, 0.05) is 24.1 Å². The maximum atomic E-state index is 14.3. The third-order valence-electron chi connectivity index (χ3n) is 7.23. The first-order valence-corrected chi connectivity index (χ1v) is 13.2. The van der Waals surface area contributed by atoms with Crippen LogP contribution in [0.1, 0.15) is 47.6 Å². The van der Waals surface area contributed by atoms with Crippen molar-refractivity contribution in [1.29, 1.82) is 0 Å². The van der Waals surface area contributed by atoms with E-state index in [1.165, 1.54) is 4.57 Å². The summed E-state index contributed by atoms with van der Waals surface area (Å²) < 4.78 is 6.50. The van der Waals surface area contributed by atoms with Crippen molar-refractivity contribution in [1.82, 2.24) is 9.55 Å². The van der Waals surface area contributed by atoms with Gasteiger partial charge in [-0.15, -0.1) is 0 Å². The normalized spacial score (nSPS) is 16.2. The summed E-state index contributed by atoms with van der Waals surface area (Å²) in [5.74, 6) is -0.358. The molecule has 1 aromatic heterocycles. The highest BCUT2D eigenvalue weighted by Gasteiger charge is 2.39. The first-order chi connectivity index (χ1) is 19.0. The number of rotatable bonds is 6. The van der Waals surface area contributed by atoms with E-state index in [0.717, 1.165) is 34.4 Å². The maximum absolute atomic E-state index is 14.3. The van der Waals surface area contributed by atoms with Gasteiger partial charge in [-0.25, -0.2) is 9.98 Å². The fraction of sp³-hybridized carbons (Fsp3) is 0.258. The molecule has 0 spiro atoms. The van der Waals surface area contributed by atoms with E-state index in [1.807, 2.05) is 37.3 Å². The van der Waals surface area contributed by atoms with Crippen LogP contribution in [-0.2, 0) is 27.2 Å². The molecule has 1 unspecified atom stereocenters. The number of esters is 1. The topological polar surface area (TPSA) is 93.9 Å². The van der Waals surface area contributed by atoms with Crippen molar-refractivity contribution in [3.8, 4) is 0 Å². The van der Waals surface area contributed by atoms with E-state index >= 15 is 0 Å². The zero-order valence-electron chi connectivity index (χ0n) is 21.9. The number of anilines is 1. The number of hydrogen-bond donors (Lipinski definition) is 0. The van der Waals surface area contributed by atoms with Gasteiger partial charge in [0.25, 0.3) is 11.5 Å². The number of aryl methyl sites for hydroxylation is 2. The van der Waals surface area contributed by atoms with Gasteiger partial charge in [0.1, 0.15) is 5.82 Å². The van der Waals surface area contributed by atoms with Crippen molar-refractivity contribution in [2.24, 2.45) is 4.99 Å². The quantitative estimate of drug-likeness (QED) is 0.356. The smallest absolute Gasteiger partial charge is 0.306 e. The second kappa shape index (κ2) is 9.94. The van der Waals surface area contributed by atoms with E-state index in [0.29, 0.717) is 29.0 Å². The largest absolute Gasteiger partial charge is 0.466 e. The number of nitrogens with zero attached hydrogens (tertiary/aromatic N) is 4. The zero-order valence-corrected chi connectivity index (χ0v) is 21.9. The molecule has 3 heterocycles. The highest BCUT2D eigenvalue weighted by Crippen LogP contribution is 2.39. The molecule has 6 rings (SSSR count). The molecule has 39 heavy (non-hydrogen) atoms. The summed E-state index contributed by atoms with van der Waals surface area (Å²) in [4.78, 5) is 52.1. The number of aromatic nitrogens is 2. The van der Waals surface area contributed by atoms with Gasteiger partial charge in [-0.1, -0.05) is 54.1 Å². The van der Waals surface area contributed by atoms with Crippen LogP contribution < -0.4 is 10.5 Å². The van der Waals surface area contributed by atoms with Crippen LogP contribution in [0.3, 0.4) is 0 Å². The van der Waals surface area contributed by atoms with Crippen LogP contribution >= 0.6 is 0 Å². The second-order valence-corrected chi connectivity index (χ2v) is 9.80. The number of aliphatic imine (C=N–C) groups is 1. The molecular formula is C31H28N4O4. The summed E-state index contributed by atoms with van der Waals surface area (Å²) in [5.41, 5.74) is 5.55. The first kappa shape index (κ1) is 24.7. The van der Waals surface area contributed by atoms with Crippen molar-refractivity contribution < 1.29 is 14.3 Å². The summed E-state index contributed by atoms with van der Waals surface area (Å²) in [6, 6.07) is 20.9. The van der Waals surface area contributed by atoms with Gasteiger partial charge in [-0.3, -0.25) is 19.0 Å². The van der Waals surface area contributed by atoms with Crippen molar-refractivity contribution in [3.05, 3.63) is 105 Å². The van der Waals surface area contributed by atoms with E-state index in [9.17, 15) is 14.4 Å². The van der Waals surface area contributed by atoms with E-state index < -0.39 is 6.17 Å². The molecule has 1 atom stereocenters. The molecule has 2 aliphatic heterocycles. The molecule has 0 N–H and O–H groups in total. The van der Waals surface area contributed by atoms with Crippen LogP contribution in [0.25, 0.3) is 10.9 Å². The highest BCUT2D eigenvalue weighted by molar-refractivity contribution is 6.20. The van der Waals surface area contributed by atoms with E-state index in [-0.39, 0.29) is 36.9 Å². The summed E-state index contributed by atoms with van der Waals surface area (Å²) in [6.45, 7) is 4.55. The lowest BCUT2D eigenvalue weighted by Gasteiger charge is -2.23. The lowest BCUT2D eigenvalue weighted by atomic mass is 9.96. The van der Waals surface area contributed by atoms with Crippen molar-refractivity contribution in [3.63, 3.8) is 0 Å². The van der Waals surface area contributed by atoms with Gasteiger partial charge < -0.3 is 9.64 Å². The fourth-order valence-electron chi connectivity index (χ4n) is 5.56. The Morgan fingerprint density at radius 3 is 2.62 bits per heavy atom. The molecule has 0 radical (unpaired) electrons. The Balaban J connectivity index is 1.60. The number of ether oxygens (including phenoxy) is 1. The molecule has 196 valence electrons. The third kappa shape index (κ3) is 4.31. The minimum atomic E-state index is -1.18. The molecule has 0 saturated heterocycles. The molecule has 0 aliphatic carbocycles. The molecule has 8 heteroatoms. The molecule has 1 amide bonds. The molecule has 0 fully saturated rings. The van der Waals surface area contributed by atoms with E-state index in [2.05, 4.69) is 12.1 Å². The minimum Gasteiger partial charge on any atom is -0.466 e. The Morgan fingerprint density at radius 1 is 1.05 bits per heavy atom. The fourth-order valence-corrected chi connectivity index (χ4v) is 5.56. The number of amides is 1. The number of carbonyl (C=O) groups excluding carboxylic acids is 2. The van der Waals surface area contributed by atoms with Crippen LogP contribution in [0, 0.1) is 6.92 Å². The highest BCUT2D eigenvalue weighted by atomic mass is 16.5. The van der Waals surface area contributed by atoms with E-state index in [1.54, 1.807) is 36.1 Å². The Morgan fingerprint density at radius 2 is 1.82 bits per heavy atom. The first-order valence-electron chi connectivity index (χ1n) is 13.2. The van der Waals surface area contributed by atoms with E-state index in [4.69, 9.17) is 14.7 Å². The Bertz CT molecular complexity index is 1710. The van der Waals surface area contributed by atoms with Crippen LogP contribution in [0.4, 0.5) is 5.69 Å². The zero-order chi connectivity index (χ0) is 27.1. The average molecular weight is 521 g/mol. The van der Waals surface area contributed by atoms with Crippen LogP contribution in [0.15, 0.2) is 76.5 Å². The molecule has 2 aliphatic rings. The van der Waals surface area contributed by atoms with Gasteiger partial charge in [-0.2, -0.15) is 0 Å². The molecule has 8 nitrogen and oxygen atoms in total. The SMILES string of the molecule is CCOC(=O)CCc1nc2ccccc2c(=O)n1C1N=C(c2ccccc2)c2cc(C)cc3c2N(CC3)C1=O. The van der Waals surface area contributed by atoms with Gasteiger partial charge in [0.2, 0.25) is 6.17 Å². The number of hydrogen-bond acceptors (Lipinski definition) is 6. The monoisotopic (exact) mass is 520 g/mol. The van der Waals surface area contributed by atoms with Crippen molar-refractivity contribution in [2.75, 3.05) is 18.1 Å². The number of carbonyl (C=O) groups is 2. The molecule has 3 aromatic carbocycles. The summed E-state index contributed by atoms with van der Waals surface area (Å²) >= 11 is 0. The molecule has 0 bridgehead atoms. The summed E-state index contributed by atoms with van der Waals surface area (Å²) in [7, 11) is 0.